The molecule has 1 saturated heterocycles. The number of rotatable bonds is 7. The Hall–Kier alpha value is -0.420. The zero-order chi connectivity index (χ0) is 16.1. The fourth-order valence-electron chi connectivity index (χ4n) is 2.28. The number of piperazine rings is 1. The summed E-state index contributed by atoms with van der Waals surface area (Å²) < 4.78 is 66.4. The summed E-state index contributed by atoms with van der Waals surface area (Å²) in [4.78, 5) is 1.27. The van der Waals surface area contributed by atoms with Crippen molar-refractivity contribution in [1.82, 2.24) is 19.2 Å². The van der Waals surface area contributed by atoms with E-state index in [2.05, 4.69) is 10.0 Å². The average Bonchev–Trinajstić information content (AvgIpc) is 2.39. The quantitative estimate of drug-likeness (QED) is 0.689. The van der Waals surface area contributed by atoms with Crippen molar-refractivity contribution in [3.63, 3.8) is 0 Å². The minimum atomic E-state index is -4.47. The van der Waals surface area contributed by atoms with Crippen LogP contribution in [-0.4, -0.2) is 75.7 Å². The van der Waals surface area contributed by atoms with Crippen LogP contribution in [0.5, 0.6) is 0 Å². The van der Waals surface area contributed by atoms with E-state index in [1.165, 1.54) is 4.90 Å². The maximum Gasteiger partial charge on any atom is 0.405 e. The van der Waals surface area contributed by atoms with Crippen molar-refractivity contribution < 1.29 is 21.6 Å². The molecule has 1 unspecified atom stereocenters. The lowest BCUT2D eigenvalue weighted by Gasteiger charge is -2.36. The van der Waals surface area contributed by atoms with Gasteiger partial charge in [-0.1, -0.05) is 13.8 Å². The summed E-state index contributed by atoms with van der Waals surface area (Å²) in [6, 6.07) is -1.80. The van der Waals surface area contributed by atoms with Gasteiger partial charge >= 0.3 is 6.18 Å². The van der Waals surface area contributed by atoms with Crippen LogP contribution < -0.4 is 10.0 Å². The Balaban J connectivity index is 2.74. The molecule has 0 aromatic rings. The lowest BCUT2D eigenvalue weighted by Crippen LogP contribution is -2.58. The minimum absolute atomic E-state index is 0.218. The molecule has 2 N–H and O–H groups in total. The van der Waals surface area contributed by atoms with Crippen molar-refractivity contribution in [2.75, 3.05) is 45.8 Å². The number of nitrogens with zero attached hydrogens (tertiary/aromatic N) is 2. The van der Waals surface area contributed by atoms with Crippen LogP contribution in [0.15, 0.2) is 0 Å². The Morgan fingerprint density at radius 3 is 2.19 bits per heavy atom. The molecule has 1 aliphatic rings. The van der Waals surface area contributed by atoms with Crippen molar-refractivity contribution in [2.45, 2.75) is 26.1 Å². The first-order chi connectivity index (χ1) is 9.72. The van der Waals surface area contributed by atoms with Crippen LogP contribution in [0.2, 0.25) is 0 Å². The average molecular weight is 332 g/mol. The molecule has 0 bridgehead atoms. The standard InChI is InChI=1S/C11H23F3N4O2S/c1-3-18(4-2)21(19,20)16-9-10(11(12,13)14)17-7-5-15-6-8-17/h10,15-16H,3-9H2,1-2H3. The van der Waals surface area contributed by atoms with E-state index in [0.29, 0.717) is 13.1 Å². The van der Waals surface area contributed by atoms with Crippen LogP contribution in [-0.2, 0) is 10.2 Å². The third-order valence-electron chi connectivity index (χ3n) is 3.47. The molecule has 1 atom stereocenters. The highest BCUT2D eigenvalue weighted by Crippen LogP contribution is 2.25. The van der Waals surface area contributed by atoms with E-state index in [-0.39, 0.29) is 26.2 Å². The molecule has 21 heavy (non-hydrogen) atoms. The van der Waals surface area contributed by atoms with Gasteiger partial charge in [0.2, 0.25) is 0 Å². The zero-order valence-corrected chi connectivity index (χ0v) is 13.1. The molecule has 0 saturated carbocycles. The van der Waals surface area contributed by atoms with Gasteiger partial charge in [-0.05, 0) is 0 Å². The van der Waals surface area contributed by atoms with Gasteiger partial charge in [-0.2, -0.15) is 25.9 Å². The van der Waals surface area contributed by atoms with Crippen LogP contribution >= 0.6 is 0 Å². The van der Waals surface area contributed by atoms with Gasteiger partial charge in [0.05, 0.1) is 0 Å². The fraction of sp³-hybridized carbons (Fsp3) is 1.00. The maximum atomic E-state index is 13.1. The summed E-state index contributed by atoms with van der Waals surface area (Å²) in [5.74, 6) is 0. The molecule has 1 fully saturated rings. The molecular weight excluding hydrogens is 309 g/mol. The number of halogens is 3. The predicted octanol–water partition coefficient (Wildman–Crippen LogP) is -0.00130. The molecule has 6 nitrogen and oxygen atoms in total. The van der Waals surface area contributed by atoms with Gasteiger partial charge in [0.1, 0.15) is 6.04 Å². The second-order valence-electron chi connectivity index (χ2n) is 4.78. The second kappa shape index (κ2) is 7.73. The largest absolute Gasteiger partial charge is 0.405 e. The molecule has 10 heteroatoms. The minimum Gasteiger partial charge on any atom is -0.314 e. The van der Waals surface area contributed by atoms with E-state index < -0.39 is 29.0 Å². The highest BCUT2D eigenvalue weighted by atomic mass is 32.2. The van der Waals surface area contributed by atoms with Gasteiger partial charge in [-0.25, -0.2) is 4.72 Å². The smallest absolute Gasteiger partial charge is 0.314 e. The molecule has 0 aliphatic carbocycles. The highest BCUT2D eigenvalue weighted by Gasteiger charge is 2.44. The van der Waals surface area contributed by atoms with E-state index in [0.717, 1.165) is 4.31 Å². The Kier molecular flexibility index (Phi) is 6.85. The van der Waals surface area contributed by atoms with Crippen molar-refractivity contribution >= 4 is 10.2 Å². The predicted molar refractivity (Wildman–Crippen MR) is 74.1 cm³/mol. The van der Waals surface area contributed by atoms with Gasteiger partial charge in [0, 0.05) is 45.8 Å². The molecule has 1 heterocycles. The van der Waals surface area contributed by atoms with E-state index in [4.69, 9.17) is 0 Å². The van der Waals surface area contributed by atoms with Crippen LogP contribution in [0.1, 0.15) is 13.8 Å². The highest BCUT2D eigenvalue weighted by molar-refractivity contribution is 7.87. The summed E-state index contributed by atoms with van der Waals surface area (Å²) in [6.45, 7) is 4.48. The first-order valence-corrected chi connectivity index (χ1v) is 8.42. The van der Waals surface area contributed by atoms with Crippen molar-refractivity contribution in [1.29, 1.82) is 0 Å². The van der Waals surface area contributed by atoms with E-state index in [1.807, 2.05) is 0 Å². The SMILES string of the molecule is CCN(CC)S(=O)(=O)NCC(N1CCNCC1)C(F)(F)F. The molecule has 0 radical (unpaired) electrons. The van der Waals surface area contributed by atoms with Crippen molar-refractivity contribution in [3.05, 3.63) is 0 Å². The first kappa shape index (κ1) is 18.6. The maximum absolute atomic E-state index is 13.1. The summed E-state index contributed by atoms with van der Waals surface area (Å²) in [5, 5.41) is 2.97. The lowest BCUT2D eigenvalue weighted by molar-refractivity contribution is -0.182. The third-order valence-corrected chi connectivity index (χ3v) is 5.20. The number of alkyl halides is 3. The van der Waals surface area contributed by atoms with Gasteiger partial charge < -0.3 is 5.32 Å². The second-order valence-corrected chi connectivity index (χ2v) is 6.54. The number of hydrogen-bond donors (Lipinski definition) is 2. The Bertz CT molecular complexity index is 406. The van der Waals surface area contributed by atoms with Crippen molar-refractivity contribution in [2.24, 2.45) is 0 Å². The van der Waals surface area contributed by atoms with Gasteiger partial charge in [0.15, 0.2) is 0 Å². The van der Waals surface area contributed by atoms with Gasteiger partial charge in [-0.3, -0.25) is 4.90 Å². The summed E-state index contributed by atoms with van der Waals surface area (Å²) in [7, 11) is -3.88. The lowest BCUT2D eigenvalue weighted by atomic mass is 10.2. The molecule has 0 aromatic heterocycles. The summed E-state index contributed by atoms with van der Waals surface area (Å²) in [5.41, 5.74) is 0. The number of hydrogen-bond acceptors (Lipinski definition) is 4. The Morgan fingerprint density at radius 2 is 1.76 bits per heavy atom. The van der Waals surface area contributed by atoms with Gasteiger partial charge in [-0.15, -0.1) is 0 Å². The summed E-state index contributed by atoms with van der Waals surface area (Å²) >= 11 is 0. The molecule has 0 spiro atoms. The number of nitrogens with one attached hydrogen (secondary N) is 2. The van der Waals surface area contributed by atoms with Crippen LogP contribution in [0.4, 0.5) is 13.2 Å². The Labute approximate surface area is 123 Å². The molecule has 0 aromatic carbocycles. The third kappa shape index (κ3) is 5.37. The molecular formula is C11H23F3N4O2S. The van der Waals surface area contributed by atoms with Crippen LogP contribution in [0, 0.1) is 0 Å². The molecule has 126 valence electrons. The summed E-state index contributed by atoms with van der Waals surface area (Å²) in [6.07, 6.45) is -4.47. The molecule has 1 rings (SSSR count). The van der Waals surface area contributed by atoms with Crippen molar-refractivity contribution in [3.8, 4) is 0 Å². The monoisotopic (exact) mass is 332 g/mol. The fourth-order valence-corrected chi connectivity index (χ4v) is 3.52. The molecule has 1 aliphatic heterocycles. The Morgan fingerprint density at radius 1 is 1.24 bits per heavy atom. The van der Waals surface area contributed by atoms with E-state index in [9.17, 15) is 21.6 Å². The van der Waals surface area contributed by atoms with Gasteiger partial charge in [0.25, 0.3) is 10.2 Å². The normalized spacial score (nSPS) is 19.9. The van der Waals surface area contributed by atoms with E-state index in [1.54, 1.807) is 13.8 Å². The zero-order valence-electron chi connectivity index (χ0n) is 12.3. The first-order valence-electron chi connectivity index (χ1n) is 6.98. The van der Waals surface area contributed by atoms with Crippen LogP contribution in [0.25, 0.3) is 0 Å². The topological polar surface area (TPSA) is 64.7 Å². The van der Waals surface area contributed by atoms with Crippen LogP contribution in [0.3, 0.4) is 0 Å². The molecule has 0 amide bonds. The van der Waals surface area contributed by atoms with E-state index >= 15 is 0 Å².